The van der Waals surface area contributed by atoms with E-state index in [4.69, 9.17) is 0 Å². The van der Waals surface area contributed by atoms with Crippen LogP contribution in [0.1, 0.15) is 43.4 Å². The highest BCUT2D eigenvalue weighted by Crippen LogP contribution is 2.27. The molecule has 6 heteroatoms. The van der Waals surface area contributed by atoms with Gasteiger partial charge in [-0.3, -0.25) is 0 Å². The van der Waals surface area contributed by atoms with Gasteiger partial charge in [0.1, 0.15) is 5.82 Å². The van der Waals surface area contributed by atoms with E-state index in [0.29, 0.717) is 12.3 Å². The summed E-state index contributed by atoms with van der Waals surface area (Å²) in [7, 11) is 0. The van der Waals surface area contributed by atoms with Crippen LogP contribution in [0.2, 0.25) is 0 Å². The smallest absolute Gasteiger partial charge is 0.328 e. The number of hydrogen-bond acceptors (Lipinski definition) is 4. The van der Waals surface area contributed by atoms with Gasteiger partial charge in [-0.25, -0.2) is 14.5 Å². The second-order valence-electron chi connectivity index (χ2n) is 5.39. The van der Waals surface area contributed by atoms with E-state index in [2.05, 4.69) is 10.1 Å². The van der Waals surface area contributed by atoms with E-state index in [1.54, 1.807) is 4.68 Å². The number of rotatable bonds is 3. The summed E-state index contributed by atoms with van der Waals surface area (Å²) in [5, 5.41) is 13.7. The van der Waals surface area contributed by atoms with Crippen LogP contribution in [0.5, 0.6) is 0 Å². The van der Waals surface area contributed by atoms with Gasteiger partial charge in [-0.1, -0.05) is 0 Å². The van der Waals surface area contributed by atoms with Crippen molar-refractivity contribution < 1.29 is 9.90 Å². The largest absolute Gasteiger partial charge is 0.480 e. The van der Waals surface area contributed by atoms with E-state index < -0.39 is 12.0 Å². The van der Waals surface area contributed by atoms with Crippen molar-refractivity contribution in [2.75, 3.05) is 11.5 Å². The predicted molar refractivity (Wildman–Crippen MR) is 73.4 cm³/mol. The zero-order valence-electron chi connectivity index (χ0n) is 10.9. The van der Waals surface area contributed by atoms with Gasteiger partial charge in [0, 0.05) is 12.8 Å². The molecule has 1 N–H and O–H groups in total. The van der Waals surface area contributed by atoms with Crippen molar-refractivity contribution in [2.24, 2.45) is 5.92 Å². The number of aryl methyl sites for hydroxylation is 1. The fraction of sp³-hybridized carbons (Fsp3) is 0.769. The Kier molecular flexibility index (Phi) is 3.77. The number of aliphatic carboxylic acids is 1. The molecule has 104 valence electrons. The summed E-state index contributed by atoms with van der Waals surface area (Å²) >= 11 is 2.02. The van der Waals surface area contributed by atoms with Crippen molar-refractivity contribution in [1.29, 1.82) is 0 Å². The van der Waals surface area contributed by atoms with E-state index in [-0.39, 0.29) is 0 Å². The van der Waals surface area contributed by atoms with Crippen molar-refractivity contribution in [1.82, 2.24) is 14.8 Å². The summed E-state index contributed by atoms with van der Waals surface area (Å²) in [6, 6.07) is -0.507. The molecule has 1 saturated heterocycles. The van der Waals surface area contributed by atoms with Crippen LogP contribution in [0.25, 0.3) is 0 Å². The van der Waals surface area contributed by atoms with Gasteiger partial charge in [0.2, 0.25) is 0 Å². The van der Waals surface area contributed by atoms with Gasteiger partial charge in [0.25, 0.3) is 0 Å². The second kappa shape index (κ2) is 5.53. The molecule has 0 spiro atoms. The van der Waals surface area contributed by atoms with E-state index in [0.717, 1.165) is 30.9 Å². The number of thioether (sulfide) groups is 1. The number of carboxylic acid groups (broad SMARTS) is 1. The molecule has 1 aromatic heterocycles. The summed E-state index contributed by atoms with van der Waals surface area (Å²) < 4.78 is 1.65. The van der Waals surface area contributed by atoms with Gasteiger partial charge in [-0.05, 0) is 43.1 Å². The molecule has 1 atom stereocenters. The highest BCUT2D eigenvalue weighted by molar-refractivity contribution is 7.99. The van der Waals surface area contributed by atoms with Crippen LogP contribution < -0.4 is 0 Å². The molecule has 0 amide bonds. The SMILES string of the molecule is O=C(O)C1CCCc2nc(CC3CCSCC3)nn21. The Bertz CT molecular complexity index is 468. The van der Waals surface area contributed by atoms with Gasteiger partial charge in [-0.2, -0.15) is 16.9 Å². The minimum atomic E-state index is -0.786. The molecule has 1 unspecified atom stereocenters. The first-order chi connectivity index (χ1) is 9.24. The fourth-order valence-corrected chi connectivity index (χ4v) is 4.13. The summed E-state index contributed by atoms with van der Waals surface area (Å²) in [6.45, 7) is 0. The number of nitrogens with zero attached hydrogens (tertiary/aromatic N) is 3. The van der Waals surface area contributed by atoms with Crippen LogP contribution >= 0.6 is 11.8 Å². The quantitative estimate of drug-likeness (QED) is 0.917. The molecular weight excluding hydrogens is 262 g/mol. The molecule has 1 fully saturated rings. The lowest BCUT2D eigenvalue weighted by Gasteiger charge is -2.20. The zero-order chi connectivity index (χ0) is 13.2. The zero-order valence-corrected chi connectivity index (χ0v) is 11.7. The average Bonchev–Trinajstić information content (AvgIpc) is 2.81. The van der Waals surface area contributed by atoms with Crippen LogP contribution in [0.3, 0.4) is 0 Å². The first-order valence-electron chi connectivity index (χ1n) is 6.99. The maximum Gasteiger partial charge on any atom is 0.328 e. The van der Waals surface area contributed by atoms with Crippen LogP contribution in [-0.4, -0.2) is 37.3 Å². The molecule has 0 radical (unpaired) electrons. The first-order valence-corrected chi connectivity index (χ1v) is 8.14. The topological polar surface area (TPSA) is 68.0 Å². The molecule has 2 aliphatic heterocycles. The minimum Gasteiger partial charge on any atom is -0.480 e. The van der Waals surface area contributed by atoms with Crippen molar-refractivity contribution in [3.05, 3.63) is 11.6 Å². The highest BCUT2D eigenvalue weighted by Gasteiger charge is 2.29. The number of carboxylic acids is 1. The Morgan fingerprint density at radius 2 is 2.16 bits per heavy atom. The van der Waals surface area contributed by atoms with Gasteiger partial charge in [0.15, 0.2) is 11.9 Å². The summed E-state index contributed by atoms with van der Waals surface area (Å²) in [6.07, 6.45) is 5.80. The Balaban J connectivity index is 1.75. The lowest BCUT2D eigenvalue weighted by Crippen LogP contribution is -2.26. The number of fused-ring (bicyclic) bond motifs is 1. The lowest BCUT2D eigenvalue weighted by atomic mass is 9.99. The molecule has 0 aromatic carbocycles. The molecule has 19 heavy (non-hydrogen) atoms. The third kappa shape index (κ3) is 2.78. The third-order valence-corrected chi connectivity index (χ3v) is 5.06. The fourth-order valence-electron chi connectivity index (χ4n) is 2.92. The summed E-state index contributed by atoms with van der Waals surface area (Å²) in [4.78, 5) is 15.8. The standard InChI is InChI=1S/C13H19N3O2S/c17-13(18)10-2-1-3-12-14-11(15-16(10)12)8-9-4-6-19-7-5-9/h9-10H,1-8H2,(H,17,18). The van der Waals surface area contributed by atoms with Gasteiger partial charge in [0.05, 0.1) is 0 Å². The molecular formula is C13H19N3O2S. The predicted octanol–water partition coefficient (Wildman–Crippen LogP) is 1.93. The van der Waals surface area contributed by atoms with Crippen molar-refractivity contribution in [3.63, 3.8) is 0 Å². The maximum absolute atomic E-state index is 11.2. The van der Waals surface area contributed by atoms with Crippen molar-refractivity contribution >= 4 is 17.7 Å². The highest BCUT2D eigenvalue weighted by atomic mass is 32.2. The minimum absolute atomic E-state index is 0.507. The summed E-state index contributed by atoms with van der Waals surface area (Å²) in [5.41, 5.74) is 0. The van der Waals surface area contributed by atoms with E-state index in [9.17, 15) is 9.90 Å². The molecule has 0 saturated carbocycles. The average molecular weight is 281 g/mol. The summed E-state index contributed by atoms with van der Waals surface area (Å²) in [5.74, 6) is 4.06. The Hall–Kier alpha value is -1.04. The molecule has 2 aliphatic rings. The van der Waals surface area contributed by atoms with E-state index in [1.807, 2.05) is 11.8 Å². The van der Waals surface area contributed by atoms with E-state index >= 15 is 0 Å². The number of carbonyl (C=O) groups is 1. The molecule has 3 heterocycles. The second-order valence-corrected chi connectivity index (χ2v) is 6.62. The number of aromatic nitrogens is 3. The van der Waals surface area contributed by atoms with E-state index in [1.165, 1.54) is 24.3 Å². The van der Waals surface area contributed by atoms with Crippen LogP contribution in [0.4, 0.5) is 0 Å². The Morgan fingerprint density at radius 3 is 2.89 bits per heavy atom. The lowest BCUT2D eigenvalue weighted by molar-refractivity contribution is -0.141. The molecule has 1 aromatic rings. The molecule has 0 bridgehead atoms. The monoisotopic (exact) mass is 281 g/mol. The van der Waals surface area contributed by atoms with Gasteiger partial charge in [-0.15, -0.1) is 0 Å². The molecule has 0 aliphatic carbocycles. The van der Waals surface area contributed by atoms with Gasteiger partial charge < -0.3 is 5.11 Å². The van der Waals surface area contributed by atoms with Crippen LogP contribution in [0.15, 0.2) is 0 Å². The Labute approximate surface area is 116 Å². The van der Waals surface area contributed by atoms with Crippen molar-refractivity contribution in [2.45, 2.75) is 44.6 Å². The Morgan fingerprint density at radius 1 is 1.37 bits per heavy atom. The number of hydrogen-bond donors (Lipinski definition) is 1. The third-order valence-electron chi connectivity index (χ3n) is 4.02. The molecule has 3 rings (SSSR count). The van der Waals surface area contributed by atoms with Gasteiger partial charge >= 0.3 is 5.97 Å². The normalized spacial score (nSPS) is 24.1. The molecule has 5 nitrogen and oxygen atoms in total. The van der Waals surface area contributed by atoms with Crippen LogP contribution in [-0.2, 0) is 17.6 Å². The van der Waals surface area contributed by atoms with Crippen LogP contribution in [0, 0.1) is 5.92 Å². The maximum atomic E-state index is 11.2. The first kappa shape index (κ1) is 13.0. The van der Waals surface area contributed by atoms with Crippen molar-refractivity contribution in [3.8, 4) is 0 Å².